The number of carbonyl (C=O) groups is 7. The second kappa shape index (κ2) is 77.5. The van der Waals surface area contributed by atoms with Gasteiger partial charge in [-0.2, -0.15) is 0 Å². The average Bonchev–Trinajstić information content (AvgIpc) is 3.04. The number of esters is 1. The molecule has 0 fully saturated rings. The van der Waals surface area contributed by atoms with Crippen LogP contribution >= 0.6 is 12.2 Å². The van der Waals surface area contributed by atoms with Crippen LogP contribution in [-0.4, -0.2) is 159 Å². The van der Waals surface area contributed by atoms with E-state index < -0.39 is 26.7 Å². The molecule has 23 heteroatoms. The Labute approximate surface area is 360 Å². The highest BCUT2D eigenvalue weighted by Gasteiger charge is 1.89. The van der Waals surface area contributed by atoms with Crippen molar-refractivity contribution in [3.63, 3.8) is 0 Å². The molecular formula is C35H85N7O13S3. The van der Waals surface area contributed by atoms with Gasteiger partial charge < -0.3 is 56.6 Å². The van der Waals surface area contributed by atoms with Crippen LogP contribution < -0.4 is 32.7 Å². The molecule has 0 radical (unpaired) electrons. The number of nitrogens with zero attached hydrogens (tertiary/aromatic N) is 1. The van der Waals surface area contributed by atoms with Gasteiger partial charge in [-0.1, -0.05) is 39.4 Å². The van der Waals surface area contributed by atoms with E-state index in [1.807, 2.05) is 33.0 Å². The number of alkyl carbamates (subject to hydrolysis) is 2. The number of nitrogens with one attached hydrogen (secondary N) is 4. The number of sulfone groups is 1. The molecule has 0 atom stereocenters. The molecule has 0 rings (SSSR count). The van der Waals surface area contributed by atoms with Gasteiger partial charge >= 0.3 is 18.2 Å². The number of carbonyl (C=O) groups excluding carboxylic acids is 7. The van der Waals surface area contributed by atoms with Crippen molar-refractivity contribution in [2.45, 2.75) is 89.0 Å². The predicted octanol–water partition coefficient (Wildman–Crippen LogP) is 2.43. The fraction of sp³-hybridized carbons (Fsp3) is 0.771. The van der Waals surface area contributed by atoms with E-state index in [-0.39, 0.29) is 35.6 Å². The third kappa shape index (κ3) is 688. The number of rotatable bonds is 3. The number of ether oxygens (including phenoxy) is 3. The summed E-state index contributed by atoms with van der Waals surface area (Å²) >= 11 is 4.31. The van der Waals surface area contributed by atoms with E-state index in [0.717, 1.165) is 19.1 Å². The standard InChI is InChI=1S/C4H9NO2.C4H9NO.C3H7NO2.2C3H7NO.C3H9N.C3H6O2.C3H6O.C3H8.C2H5NS.C2H6O2S.C2H6OS/c1-3-7-4(6)5-2;1-3-5-4(2)6;1-4-3(5)6-2;1-3(5)4-2;1-2-3(4)5;1-4(2)3;1-3(4)5-2;1-3(2)4;1-3-2;1-2(3)4;1-5(2,3)4;1-4(2)3/h3H2,1-2H3,(H,5,6);3H2,1-2H3,(H,5,6);1-2H3,(H,4,5);1-2H3,(H,4,5);2H2,1H3,(H2,4,5);1-3H3;1-2H3;1-2H3;3H2,1-2H3;1H3,(H2,3,4);1-2H3;1-2H3. The molecule has 0 aromatic heterocycles. The summed E-state index contributed by atoms with van der Waals surface area (Å²) in [6, 6.07) is 0. The summed E-state index contributed by atoms with van der Waals surface area (Å²) in [4.78, 5) is 70.7. The number of thiocarbonyl (C=S) groups is 1. The van der Waals surface area contributed by atoms with Gasteiger partial charge in [-0.3, -0.25) is 23.4 Å². The number of amides is 5. The summed E-state index contributed by atoms with van der Waals surface area (Å²) in [5.41, 5.74) is 9.50. The Balaban J connectivity index is -0.0000000400. The zero-order valence-electron chi connectivity index (χ0n) is 40.0. The summed E-state index contributed by atoms with van der Waals surface area (Å²) in [5, 5.41) is 9.52. The first-order valence-corrected chi connectivity index (χ1v) is 21.8. The summed E-state index contributed by atoms with van der Waals surface area (Å²) in [5.74, 6) is -0.280. The van der Waals surface area contributed by atoms with Gasteiger partial charge in [-0.25, -0.2) is 18.0 Å². The molecule has 0 saturated carbocycles. The molecule has 356 valence electrons. The van der Waals surface area contributed by atoms with Gasteiger partial charge in [0.05, 0.1) is 25.8 Å². The number of methoxy groups -OCH3 is 2. The molecule has 0 aliphatic heterocycles. The lowest BCUT2D eigenvalue weighted by molar-refractivity contribution is -0.138. The topological polar surface area (TPSA) is 302 Å². The van der Waals surface area contributed by atoms with Gasteiger partial charge in [-0.05, 0) is 55.8 Å². The summed E-state index contributed by atoms with van der Waals surface area (Å²) in [6.45, 7) is 19.9. The molecule has 0 aromatic rings. The molecule has 8 N–H and O–H groups in total. The van der Waals surface area contributed by atoms with Crippen molar-refractivity contribution in [1.82, 2.24) is 26.2 Å². The second-order valence-corrected chi connectivity index (χ2v) is 15.0. The van der Waals surface area contributed by atoms with Crippen LogP contribution in [0.2, 0.25) is 0 Å². The number of Topliss-reactive ketones (excluding diaryl/α,β-unsaturated/α-hetero) is 1. The third-order valence-corrected chi connectivity index (χ3v) is 2.28. The summed E-state index contributed by atoms with van der Waals surface area (Å²) in [6.07, 6.45) is 6.51. The largest absolute Gasteiger partial charge is 0.469 e. The van der Waals surface area contributed by atoms with Gasteiger partial charge in [0.15, 0.2) is 0 Å². The number of hydrogen-bond acceptors (Lipinski definition) is 15. The van der Waals surface area contributed by atoms with Crippen LogP contribution in [0.25, 0.3) is 0 Å². The lowest BCUT2D eigenvalue weighted by Crippen LogP contribution is -2.18. The fourth-order valence-electron chi connectivity index (χ4n) is 0.554. The highest BCUT2D eigenvalue weighted by molar-refractivity contribution is 7.89. The first kappa shape index (κ1) is 86.0. The van der Waals surface area contributed by atoms with Crippen molar-refractivity contribution in [2.24, 2.45) is 11.5 Å². The van der Waals surface area contributed by atoms with E-state index in [4.69, 9.17) is 5.73 Å². The Bertz CT molecular complexity index is 991. The third-order valence-electron chi connectivity index (χ3n) is 2.28. The second-order valence-electron chi connectivity index (χ2n) is 10.6. The lowest BCUT2D eigenvalue weighted by Gasteiger charge is -1.95. The molecule has 0 unspecified atom stereocenters. The highest BCUT2D eigenvalue weighted by Crippen LogP contribution is 1.70. The average molecular weight is 908 g/mol. The SMILES string of the molecule is CC(C)=O.CC(N)=S.CCC.CCC(N)=O.CCNC(C)=O.CCOC(=O)NC.CN(C)C.CNC(=O)OC.CNC(C)=O.COC(C)=O.CS(C)(=O)=O.CS(C)=O. The van der Waals surface area contributed by atoms with Gasteiger partial charge in [0, 0.05) is 90.7 Å². The zero-order valence-corrected chi connectivity index (χ0v) is 42.4. The van der Waals surface area contributed by atoms with Crippen LogP contribution in [0.1, 0.15) is 89.0 Å². The minimum atomic E-state index is -2.67. The molecule has 0 aliphatic carbocycles. The number of ketones is 1. The number of primary amides is 1. The van der Waals surface area contributed by atoms with Gasteiger partial charge in [0.1, 0.15) is 15.6 Å². The Hall–Kier alpha value is -3.96. The maximum Gasteiger partial charge on any atom is 0.406 e. The van der Waals surface area contributed by atoms with Crippen molar-refractivity contribution in [1.29, 1.82) is 0 Å². The maximum atomic E-state index is 10.1. The van der Waals surface area contributed by atoms with Gasteiger partial charge in [-0.15, -0.1) is 0 Å². The van der Waals surface area contributed by atoms with E-state index in [1.54, 1.807) is 40.3 Å². The fourth-order valence-corrected chi connectivity index (χ4v) is 0.554. The van der Waals surface area contributed by atoms with E-state index in [0.29, 0.717) is 18.0 Å². The minimum absolute atomic E-state index is 0.00463. The molecule has 0 heterocycles. The molecule has 58 heavy (non-hydrogen) atoms. The minimum Gasteiger partial charge on any atom is -0.469 e. The highest BCUT2D eigenvalue weighted by atomic mass is 32.2. The first-order chi connectivity index (χ1) is 26.0. The predicted molar refractivity (Wildman–Crippen MR) is 244 cm³/mol. The Morgan fingerprint density at radius 3 is 0.914 bits per heavy atom. The molecule has 0 aromatic carbocycles. The van der Waals surface area contributed by atoms with E-state index >= 15 is 0 Å². The number of nitrogens with two attached hydrogens (primary N) is 2. The van der Waals surface area contributed by atoms with Gasteiger partial charge in [0.25, 0.3) is 0 Å². The molecule has 0 spiro atoms. The van der Waals surface area contributed by atoms with Crippen LogP contribution in [0.4, 0.5) is 9.59 Å². The first-order valence-electron chi connectivity index (χ1n) is 17.1. The molecule has 0 bridgehead atoms. The van der Waals surface area contributed by atoms with Crippen molar-refractivity contribution < 1.29 is 60.4 Å². The Kier molecular flexibility index (Phi) is 115. The van der Waals surface area contributed by atoms with Crippen molar-refractivity contribution in [2.75, 3.05) is 94.7 Å². The van der Waals surface area contributed by atoms with Crippen LogP contribution in [0, 0.1) is 0 Å². The van der Waals surface area contributed by atoms with E-state index in [1.165, 1.54) is 69.4 Å². The maximum absolute atomic E-state index is 10.1. The van der Waals surface area contributed by atoms with Crippen molar-refractivity contribution in [3.05, 3.63) is 0 Å². The van der Waals surface area contributed by atoms with Crippen molar-refractivity contribution in [3.8, 4) is 0 Å². The van der Waals surface area contributed by atoms with Crippen LogP contribution in [0.5, 0.6) is 0 Å². The van der Waals surface area contributed by atoms with E-state index in [9.17, 15) is 46.2 Å². The zero-order chi connectivity index (χ0) is 50.1. The molecular weight excluding hydrogens is 823 g/mol. The summed E-state index contributed by atoms with van der Waals surface area (Å²) < 4.78 is 41.5. The Morgan fingerprint density at radius 2 is 0.897 bits per heavy atom. The summed E-state index contributed by atoms with van der Waals surface area (Å²) in [7, 11) is 10.0. The Morgan fingerprint density at radius 1 is 0.690 bits per heavy atom. The normalized spacial score (nSPS) is 7.67. The molecule has 0 aliphatic rings. The van der Waals surface area contributed by atoms with Crippen LogP contribution in [0.3, 0.4) is 0 Å². The smallest absolute Gasteiger partial charge is 0.406 e. The molecule has 20 nitrogen and oxygen atoms in total. The van der Waals surface area contributed by atoms with Crippen molar-refractivity contribution >= 4 is 79.5 Å². The van der Waals surface area contributed by atoms with Crippen LogP contribution in [-0.2, 0) is 58.8 Å². The molecule has 0 saturated heterocycles. The monoisotopic (exact) mass is 908 g/mol. The van der Waals surface area contributed by atoms with Crippen LogP contribution in [0.15, 0.2) is 0 Å². The quantitative estimate of drug-likeness (QED) is 0.135. The molecule has 5 amide bonds. The van der Waals surface area contributed by atoms with Gasteiger partial charge in [0.2, 0.25) is 17.7 Å². The lowest BCUT2D eigenvalue weighted by atomic mass is 10.5. The van der Waals surface area contributed by atoms with E-state index in [2.05, 4.69) is 67.3 Å². The number of hydrogen-bond donors (Lipinski definition) is 6.